The number of nitrogens with zero attached hydrogens (tertiary/aromatic N) is 1. The molecule has 39 heavy (non-hydrogen) atoms. The predicted octanol–water partition coefficient (Wildman–Crippen LogP) is 1.17. The molecule has 1 amide bonds. The first kappa shape index (κ1) is 30.3. The maximum absolute atomic E-state index is 14.1. The first-order valence-corrected chi connectivity index (χ1v) is 12.4. The van der Waals surface area contributed by atoms with Gasteiger partial charge in [-0.25, -0.2) is 17.2 Å². The van der Waals surface area contributed by atoms with E-state index in [-0.39, 0.29) is 48.9 Å². The van der Waals surface area contributed by atoms with Gasteiger partial charge in [-0.05, 0) is 30.2 Å². The Hall–Kier alpha value is -3.21. The Labute approximate surface area is 242 Å². The number of anilines is 1. The van der Waals surface area contributed by atoms with Crippen molar-refractivity contribution in [3.63, 3.8) is 0 Å². The predicted molar refractivity (Wildman–Crippen MR) is 124 cm³/mol. The molecule has 13 heteroatoms. The molecule has 0 saturated heterocycles. The average molecular weight is 569 g/mol. The minimum atomic E-state index is -5.90. The third-order valence-electron chi connectivity index (χ3n) is 5.59. The van der Waals surface area contributed by atoms with Crippen LogP contribution >= 0.6 is 0 Å². The van der Waals surface area contributed by atoms with Crippen molar-refractivity contribution in [2.24, 2.45) is 0 Å². The molecule has 1 aliphatic heterocycles. The molecule has 7 nitrogen and oxygen atoms in total. The number of para-hydroxylation sites is 1. The van der Waals surface area contributed by atoms with Gasteiger partial charge in [0.1, 0.15) is 15.0 Å². The summed E-state index contributed by atoms with van der Waals surface area (Å²) in [6.45, 7) is 0.190. The van der Waals surface area contributed by atoms with Crippen LogP contribution in [0.15, 0.2) is 53.4 Å². The fraction of sp³-hybridized carbons (Fsp3) is 0.154. The minimum absolute atomic E-state index is 0. The molecular weight excluding hydrogens is 553 g/mol. The molecule has 0 fully saturated rings. The van der Waals surface area contributed by atoms with Gasteiger partial charge in [0.2, 0.25) is 23.3 Å². The molecule has 0 N–H and O–H groups in total. The molecule has 3 aromatic carbocycles. The van der Waals surface area contributed by atoms with Crippen molar-refractivity contribution >= 4 is 27.7 Å². The summed E-state index contributed by atoms with van der Waals surface area (Å²) in [6.07, 6.45) is -0.952. The standard InChI is InChI=1S/C26H17F4NO6S.Na/c27-21-23(29)26(38(34,35)36)24(30)22(28)25(21)37-20(33)11-5-10-19(32)31-14-17-8-2-1-6-15(17)12-13-16-7-3-4-9-18(16)31;/h1-4,6-9H,5,10-11,14H2,(H,34,35,36);/q;+1/p-1. The van der Waals surface area contributed by atoms with E-state index in [0.717, 1.165) is 11.1 Å². The molecule has 0 aliphatic carbocycles. The number of halogens is 4. The summed E-state index contributed by atoms with van der Waals surface area (Å²) in [5, 5.41) is 0. The first-order chi connectivity index (χ1) is 18.0. The average Bonchev–Trinajstić information content (AvgIpc) is 2.86. The SMILES string of the molecule is O=C(CCCC(=O)N1Cc2ccccc2C#Cc2ccccc21)Oc1c(F)c(F)c(S(=O)(=O)[O-])c(F)c1F.[Na+]. The Balaban J connectivity index is 0.00000420. The number of rotatable bonds is 6. The second-order valence-corrected chi connectivity index (χ2v) is 9.42. The zero-order valence-corrected chi connectivity index (χ0v) is 23.1. The summed E-state index contributed by atoms with van der Waals surface area (Å²) in [7, 11) is -5.90. The van der Waals surface area contributed by atoms with Gasteiger partial charge in [0.05, 0.1) is 12.2 Å². The van der Waals surface area contributed by atoms with Crippen LogP contribution < -0.4 is 39.2 Å². The summed E-state index contributed by atoms with van der Waals surface area (Å²) in [4.78, 5) is 24.4. The number of esters is 1. The normalized spacial score (nSPS) is 12.1. The Kier molecular flexibility index (Phi) is 9.58. The minimum Gasteiger partial charge on any atom is -0.744 e. The van der Waals surface area contributed by atoms with E-state index in [2.05, 4.69) is 16.6 Å². The van der Waals surface area contributed by atoms with Crippen molar-refractivity contribution in [2.75, 3.05) is 4.90 Å². The van der Waals surface area contributed by atoms with E-state index in [1.807, 2.05) is 18.2 Å². The van der Waals surface area contributed by atoms with Crippen molar-refractivity contribution in [1.82, 2.24) is 0 Å². The van der Waals surface area contributed by atoms with Gasteiger partial charge in [0.15, 0.2) is 11.6 Å². The Morgan fingerprint density at radius 1 is 0.872 bits per heavy atom. The molecule has 1 heterocycles. The van der Waals surface area contributed by atoms with Crippen LogP contribution in [0.4, 0.5) is 23.2 Å². The van der Waals surface area contributed by atoms with E-state index in [9.17, 15) is 40.1 Å². The van der Waals surface area contributed by atoms with Gasteiger partial charge in [-0.15, -0.1) is 0 Å². The summed E-state index contributed by atoms with van der Waals surface area (Å²) in [6, 6.07) is 14.2. The van der Waals surface area contributed by atoms with Crippen molar-refractivity contribution < 1.29 is 74.4 Å². The smallest absolute Gasteiger partial charge is 0.744 e. The van der Waals surface area contributed by atoms with Gasteiger partial charge in [-0.1, -0.05) is 42.2 Å². The number of hydrogen-bond acceptors (Lipinski definition) is 6. The van der Waals surface area contributed by atoms with Crippen molar-refractivity contribution in [3.8, 4) is 17.6 Å². The fourth-order valence-corrected chi connectivity index (χ4v) is 4.41. The molecule has 0 radical (unpaired) electrons. The Morgan fingerprint density at radius 2 is 1.44 bits per heavy atom. The molecule has 0 bridgehead atoms. The van der Waals surface area contributed by atoms with Crippen LogP contribution in [0.2, 0.25) is 0 Å². The maximum Gasteiger partial charge on any atom is 1.00 e. The number of benzene rings is 3. The first-order valence-electron chi connectivity index (χ1n) is 11.0. The summed E-state index contributed by atoms with van der Waals surface area (Å²) >= 11 is 0. The van der Waals surface area contributed by atoms with Crippen LogP contribution in [0.3, 0.4) is 0 Å². The molecule has 0 atom stereocenters. The number of hydrogen-bond donors (Lipinski definition) is 0. The van der Waals surface area contributed by atoms with Crippen molar-refractivity contribution in [1.29, 1.82) is 0 Å². The number of carbonyl (C=O) groups excluding carboxylic acids is 2. The Morgan fingerprint density at radius 3 is 2.08 bits per heavy atom. The zero-order chi connectivity index (χ0) is 27.6. The number of amides is 1. The Bertz CT molecular complexity index is 1610. The van der Waals surface area contributed by atoms with E-state index in [1.54, 1.807) is 30.3 Å². The molecule has 1 aliphatic rings. The summed E-state index contributed by atoms with van der Waals surface area (Å²) < 4.78 is 93.1. The molecule has 0 unspecified atom stereocenters. The van der Waals surface area contributed by atoms with E-state index in [0.29, 0.717) is 11.3 Å². The molecular formula is C26H16F4NNaO6S. The third-order valence-corrected chi connectivity index (χ3v) is 6.45. The molecule has 0 spiro atoms. The monoisotopic (exact) mass is 569 g/mol. The second-order valence-electron chi connectivity index (χ2n) is 8.10. The van der Waals surface area contributed by atoms with Crippen molar-refractivity contribution in [2.45, 2.75) is 30.7 Å². The molecule has 196 valence electrons. The second kappa shape index (κ2) is 12.3. The van der Waals surface area contributed by atoms with E-state index >= 15 is 0 Å². The van der Waals surface area contributed by atoms with Crippen LogP contribution in [-0.2, 0) is 26.3 Å². The van der Waals surface area contributed by atoms with Gasteiger partial charge in [-0.3, -0.25) is 9.59 Å². The van der Waals surface area contributed by atoms with Crippen molar-refractivity contribution in [3.05, 3.63) is 88.5 Å². The molecule has 3 aromatic rings. The largest absolute Gasteiger partial charge is 1.00 e. The zero-order valence-electron chi connectivity index (χ0n) is 20.3. The quantitative estimate of drug-likeness (QED) is 0.0841. The van der Waals surface area contributed by atoms with Crippen LogP contribution in [-0.4, -0.2) is 24.8 Å². The van der Waals surface area contributed by atoms with E-state index in [1.165, 1.54) is 4.90 Å². The number of ether oxygens (including phenoxy) is 1. The van der Waals surface area contributed by atoms with Crippen LogP contribution in [0.5, 0.6) is 5.75 Å². The van der Waals surface area contributed by atoms with E-state index in [4.69, 9.17) is 0 Å². The van der Waals surface area contributed by atoms with Gasteiger partial charge in [0.25, 0.3) is 0 Å². The third kappa shape index (κ3) is 6.51. The topological polar surface area (TPSA) is 104 Å². The molecule has 0 aromatic heterocycles. The summed E-state index contributed by atoms with van der Waals surface area (Å²) in [5.41, 5.74) is 2.68. The van der Waals surface area contributed by atoms with Gasteiger partial charge in [-0.2, -0.15) is 8.78 Å². The van der Waals surface area contributed by atoms with Gasteiger partial charge < -0.3 is 14.2 Å². The van der Waals surface area contributed by atoms with Gasteiger partial charge in [0, 0.05) is 24.0 Å². The van der Waals surface area contributed by atoms with Crippen LogP contribution in [0.1, 0.15) is 36.0 Å². The van der Waals surface area contributed by atoms with Crippen LogP contribution in [0, 0.1) is 35.1 Å². The van der Waals surface area contributed by atoms with Gasteiger partial charge >= 0.3 is 35.5 Å². The summed E-state index contributed by atoms with van der Waals surface area (Å²) in [5.74, 6) is -7.24. The number of fused-ring (bicyclic) bond motifs is 2. The fourth-order valence-electron chi connectivity index (χ4n) is 3.79. The number of carbonyl (C=O) groups is 2. The molecule has 4 rings (SSSR count). The van der Waals surface area contributed by atoms with E-state index < -0.39 is 62.3 Å². The molecule has 0 saturated carbocycles. The van der Waals surface area contributed by atoms with Crippen LogP contribution in [0.25, 0.3) is 0 Å². The maximum atomic E-state index is 14.1.